The molecule has 1 aromatic carbocycles. The highest BCUT2D eigenvalue weighted by molar-refractivity contribution is 9.10. The van der Waals surface area contributed by atoms with Crippen LogP contribution in [0.4, 0.5) is 0 Å². The fourth-order valence-electron chi connectivity index (χ4n) is 1.36. The van der Waals surface area contributed by atoms with E-state index in [-0.39, 0.29) is 0 Å². The monoisotopic (exact) mass is 301 g/mol. The Balaban J connectivity index is 2.75. The number of hydrogen-bond donors (Lipinski definition) is 1. The van der Waals surface area contributed by atoms with Crippen LogP contribution in [0.2, 0.25) is 0 Å². The van der Waals surface area contributed by atoms with Gasteiger partial charge >= 0.3 is 5.97 Å². The van der Waals surface area contributed by atoms with Crippen molar-refractivity contribution in [3.05, 3.63) is 28.2 Å². The lowest BCUT2D eigenvalue weighted by Gasteiger charge is -2.14. The summed E-state index contributed by atoms with van der Waals surface area (Å²) >= 11 is 3.41. The molecule has 1 N–H and O–H groups in total. The highest BCUT2D eigenvalue weighted by atomic mass is 79.9. The van der Waals surface area contributed by atoms with Crippen molar-refractivity contribution in [1.82, 2.24) is 5.32 Å². The van der Waals surface area contributed by atoms with E-state index in [0.29, 0.717) is 5.75 Å². The third kappa shape index (κ3) is 4.02. The zero-order valence-electron chi connectivity index (χ0n) is 10.1. The molecule has 1 unspecified atom stereocenters. The van der Waals surface area contributed by atoms with Crippen molar-refractivity contribution >= 4 is 21.9 Å². The van der Waals surface area contributed by atoms with Gasteiger partial charge in [-0.3, -0.25) is 0 Å². The number of rotatable bonds is 5. The maximum absolute atomic E-state index is 11.2. The smallest absolute Gasteiger partial charge is 0.346 e. The summed E-state index contributed by atoms with van der Waals surface area (Å²) in [5.74, 6) is 0.235. The highest BCUT2D eigenvalue weighted by Crippen LogP contribution is 2.27. The molecule has 0 aliphatic rings. The minimum Gasteiger partial charge on any atom is -0.478 e. The molecule has 94 valence electrons. The molecule has 0 aromatic heterocycles. The molecule has 0 aliphatic heterocycles. The van der Waals surface area contributed by atoms with Gasteiger partial charge in [0, 0.05) is 6.54 Å². The van der Waals surface area contributed by atoms with E-state index in [1.807, 2.05) is 25.2 Å². The molecule has 0 radical (unpaired) electrons. The SMILES string of the molecule is CNCc1ccc(OC(C)C(=O)OC)c(Br)c1. The van der Waals surface area contributed by atoms with Crippen LogP contribution in [0.25, 0.3) is 0 Å². The largest absolute Gasteiger partial charge is 0.478 e. The first-order valence-electron chi connectivity index (χ1n) is 5.26. The van der Waals surface area contributed by atoms with Gasteiger partial charge < -0.3 is 14.8 Å². The zero-order valence-corrected chi connectivity index (χ0v) is 11.7. The number of methoxy groups -OCH3 is 1. The highest BCUT2D eigenvalue weighted by Gasteiger charge is 2.16. The molecule has 0 heterocycles. The van der Waals surface area contributed by atoms with Crippen molar-refractivity contribution in [2.24, 2.45) is 0 Å². The first kappa shape index (κ1) is 14.0. The third-order valence-electron chi connectivity index (χ3n) is 2.21. The van der Waals surface area contributed by atoms with Crippen molar-refractivity contribution in [3.8, 4) is 5.75 Å². The Morgan fingerprint density at radius 1 is 1.53 bits per heavy atom. The van der Waals surface area contributed by atoms with E-state index in [1.54, 1.807) is 6.92 Å². The fourth-order valence-corrected chi connectivity index (χ4v) is 1.88. The first-order valence-corrected chi connectivity index (χ1v) is 6.05. The number of nitrogens with one attached hydrogen (secondary N) is 1. The van der Waals surface area contributed by atoms with Crippen LogP contribution in [-0.2, 0) is 16.1 Å². The lowest BCUT2D eigenvalue weighted by molar-refractivity contribution is -0.147. The van der Waals surface area contributed by atoms with Crippen LogP contribution >= 0.6 is 15.9 Å². The first-order chi connectivity index (χ1) is 8.08. The quantitative estimate of drug-likeness (QED) is 0.846. The molecule has 0 saturated heterocycles. The minimum atomic E-state index is -0.619. The molecule has 1 atom stereocenters. The lowest BCUT2D eigenvalue weighted by Crippen LogP contribution is -2.25. The van der Waals surface area contributed by atoms with Crippen LogP contribution in [0.15, 0.2) is 22.7 Å². The van der Waals surface area contributed by atoms with Gasteiger partial charge in [0.1, 0.15) is 5.75 Å². The molecular formula is C12H16BrNO3. The Labute approximate surface area is 109 Å². The fraction of sp³-hybridized carbons (Fsp3) is 0.417. The van der Waals surface area contributed by atoms with Gasteiger partial charge in [-0.25, -0.2) is 4.79 Å². The van der Waals surface area contributed by atoms with Crippen LogP contribution in [0.1, 0.15) is 12.5 Å². The molecule has 0 spiro atoms. The summed E-state index contributed by atoms with van der Waals surface area (Å²) in [6.07, 6.45) is -0.619. The molecule has 0 bridgehead atoms. The number of halogens is 1. The minimum absolute atomic E-state index is 0.392. The van der Waals surface area contributed by atoms with Crippen LogP contribution < -0.4 is 10.1 Å². The molecule has 0 aliphatic carbocycles. The average molecular weight is 302 g/mol. The van der Waals surface area contributed by atoms with Crippen molar-refractivity contribution in [1.29, 1.82) is 0 Å². The van der Waals surface area contributed by atoms with Crippen molar-refractivity contribution < 1.29 is 14.3 Å². The Morgan fingerprint density at radius 3 is 2.76 bits per heavy atom. The molecule has 17 heavy (non-hydrogen) atoms. The molecule has 4 nitrogen and oxygen atoms in total. The second kappa shape index (κ2) is 6.61. The Morgan fingerprint density at radius 2 is 2.24 bits per heavy atom. The molecule has 1 rings (SSSR count). The van der Waals surface area contributed by atoms with Gasteiger partial charge in [0.05, 0.1) is 11.6 Å². The Bertz CT molecular complexity index is 395. The van der Waals surface area contributed by atoms with Gasteiger partial charge in [0.25, 0.3) is 0 Å². The predicted octanol–water partition coefficient (Wildman–Crippen LogP) is 2.11. The summed E-state index contributed by atoms with van der Waals surface area (Å²) in [7, 11) is 3.23. The predicted molar refractivity (Wildman–Crippen MR) is 69.0 cm³/mol. The van der Waals surface area contributed by atoms with Gasteiger partial charge in [-0.2, -0.15) is 0 Å². The van der Waals surface area contributed by atoms with E-state index in [1.165, 1.54) is 7.11 Å². The molecule has 1 aromatic rings. The van der Waals surface area contributed by atoms with Crippen LogP contribution in [0.3, 0.4) is 0 Å². The third-order valence-corrected chi connectivity index (χ3v) is 2.83. The second-order valence-electron chi connectivity index (χ2n) is 3.58. The number of ether oxygens (including phenoxy) is 2. The summed E-state index contributed by atoms with van der Waals surface area (Å²) < 4.78 is 10.9. The summed E-state index contributed by atoms with van der Waals surface area (Å²) in [5.41, 5.74) is 1.14. The van der Waals surface area contributed by atoms with E-state index in [2.05, 4.69) is 26.0 Å². The van der Waals surface area contributed by atoms with E-state index >= 15 is 0 Å². The topological polar surface area (TPSA) is 47.6 Å². The molecule has 0 saturated carbocycles. The van der Waals surface area contributed by atoms with Crippen molar-refractivity contribution in [2.45, 2.75) is 19.6 Å². The summed E-state index contributed by atoms with van der Waals surface area (Å²) in [6, 6.07) is 5.73. The Kier molecular flexibility index (Phi) is 5.44. The zero-order chi connectivity index (χ0) is 12.8. The van der Waals surface area contributed by atoms with Crippen LogP contribution in [0.5, 0.6) is 5.75 Å². The van der Waals surface area contributed by atoms with Crippen molar-refractivity contribution in [3.63, 3.8) is 0 Å². The number of esters is 1. The number of benzene rings is 1. The normalized spacial score (nSPS) is 12.0. The van der Waals surface area contributed by atoms with E-state index < -0.39 is 12.1 Å². The molecular weight excluding hydrogens is 286 g/mol. The van der Waals surface area contributed by atoms with Gasteiger partial charge in [-0.1, -0.05) is 6.07 Å². The summed E-state index contributed by atoms with van der Waals surface area (Å²) in [6.45, 7) is 2.44. The van der Waals surface area contributed by atoms with Gasteiger partial charge in [0.2, 0.25) is 0 Å². The average Bonchev–Trinajstić information content (AvgIpc) is 2.31. The molecule has 0 fully saturated rings. The number of carbonyl (C=O) groups excluding carboxylic acids is 1. The van der Waals surface area contributed by atoms with Gasteiger partial charge in [-0.05, 0) is 47.6 Å². The number of carbonyl (C=O) groups is 1. The maximum Gasteiger partial charge on any atom is 0.346 e. The molecule has 5 heteroatoms. The van der Waals surface area contributed by atoms with E-state index in [0.717, 1.165) is 16.6 Å². The van der Waals surface area contributed by atoms with Crippen molar-refractivity contribution in [2.75, 3.05) is 14.2 Å². The molecule has 0 amide bonds. The van der Waals surface area contributed by atoms with Gasteiger partial charge in [-0.15, -0.1) is 0 Å². The standard InChI is InChI=1S/C12H16BrNO3/c1-8(12(15)16-3)17-11-5-4-9(7-14-2)6-10(11)13/h4-6,8,14H,7H2,1-3H3. The lowest BCUT2D eigenvalue weighted by atomic mass is 10.2. The summed E-state index contributed by atoms with van der Waals surface area (Å²) in [4.78, 5) is 11.2. The second-order valence-corrected chi connectivity index (χ2v) is 4.43. The summed E-state index contributed by atoms with van der Waals surface area (Å²) in [5, 5.41) is 3.06. The van der Waals surface area contributed by atoms with E-state index in [9.17, 15) is 4.79 Å². The maximum atomic E-state index is 11.2. The van der Waals surface area contributed by atoms with E-state index in [4.69, 9.17) is 4.74 Å². The van der Waals surface area contributed by atoms with Crippen LogP contribution in [-0.4, -0.2) is 26.2 Å². The number of hydrogen-bond acceptors (Lipinski definition) is 4. The van der Waals surface area contributed by atoms with Crippen LogP contribution in [0, 0.1) is 0 Å². The van der Waals surface area contributed by atoms with Gasteiger partial charge in [0.15, 0.2) is 6.10 Å². The Hall–Kier alpha value is -1.07.